The van der Waals surface area contributed by atoms with Crippen LogP contribution in [0.1, 0.15) is 46.5 Å². The number of piperidine rings is 1. The molecule has 4 atom stereocenters. The van der Waals surface area contributed by atoms with Gasteiger partial charge in [0.1, 0.15) is 0 Å². The molecule has 0 aromatic carbocycles. The number of nitrogens with zero attached hydrogens (tertiary/aromatic N) is 2. The maximum Gasteiger partial charge on any atom is 0.222 e. The van der Waals surface area contributed by atoms with Gasteiger partial charge in [-0.05, 0) is 51.1 Å². The summed E-state index contributed by atoms with van der Waals surface area (Å²) in [4.78, 5) is 17.1. The van der Waals surface area contributed by atoms with Gasteiger partial charge < -0.3 is 15.3 Å². The van der Waals surface area contributed by atoms with Crippen molar-refractivity contribution in [2.75, 3.05) is 39.3 Å². The number of β-amino-alcohol motifs (C(OH)–C–C–N with tert-alkyl or cyclic N) is 1. The van der Waals surface area contributed by atoms with E-state index in [1.807, 2.05) is 6.92 Å². The molecule has 4 unspecified atom stereocenters. The number of carbonyl (C=O) groups excluding carboxylic acids is 1. The van der Waals surface area contributed by atoms with Crippen LogP contribution >= 0.6 is 0 Å². The minimum atomic E-state index is -0.301. The van der Waals surface area contributed by atoms with Gasteiger partial charge in [-0.25, -0.2) is 0 Å². The van der Waals surface area contributed by atoms with Crippen molar-refractivity contribution in [2.24, 2.45) is 11.8 Å². The van der Waals surface area contributed by atoms with E-state index in [1.165, 1.54) is 12.8 Å². The van der Waals surface area contributed by atoms with Crippen LogP contribution in [0.2, 0.25) is 0 Å². The average molecular weight is 325 g/mol. The molecule has 0 aromatic heterocycles. The van der Waals surface area contributed by atoms with E-state index in [9.17, 15) is 9.90 Å². The average Bonchev–Trinajstić information content (AvgIpc) is 2.55. The van der Waals surface area contributed by atoms with Crippen molar-refractivity contribution >= 4 is 5.91 Å². The molecule has 2 aliphatic heterocycles. The fraction of sp³-hybridized carbons (Fsp3) is 0.944. The Morgan fingerprint density at radius 3 is 2.74 bits per heavy atom. The standard InChI is InChI=1S/C18H35N3O2/c1-4-17-13-21(9-8-20(17)12-15(3)22)18(23)10-14(2)16-6-5-7-19-11-16/h14-17,19,22H,4-13H2,1-3H3. The Morgan fingerprint density at radius 2 is 2.13 bits per heavy atom. The number of carbonyl (C=O) groups is 1. The monoisotopic (exact) mass is 325 g/mol. The van der Waals surface area contributed by atoms with Crippen molar-refractivity contribution in [3.8, 4) is 0 Å². The van der Waals surface area contributed by atoms with Crippen molar-refractivity contribution in [1.82, 2.24) is 15.1 Å². The van der Waals surface area contributed by atoms with Crippen LogP contribution in [0.5, 0.6) is 0 Å². The molecular formula is C18H35N3O2. The van der Waals surface area contributed by atoms with Crippen molar-refractivity contribution < 1.29 is 9.90 Å². The lowest BCUT2D eigenvalue weighted by Gasteiger charge is -2.42. The molecule has 0 aromatic rings. The zero-order valence-electron chi connectivity index (χ0n) is 15.1. The van der Waals surface area contributed by atoms with E-state index in [0.717, 1.165) is 39.1 Å². The first-order chi connectivity index (χ1) is 11.0. The first-order valence-electron chi connectivity index (χ1n) is 9.41. The van der Waals surface area contributed by atoms with Gasteiger partial charge in [-0.3, -0.25) is 9.69 Å². The summed E-state index contributed by atoms with van der Waals surface area (Å²) in [6, 6.07) is 0.383. The number of nitrogens with one attached hydrogen (secondary N) is 1. The molecule has 5 heteroatoms. The van der Waals surface area contributed by atoms with Crippen LogP contribution in [-0.2, 0) is 4.79 Å². The van der Waals surface area contributed by atoms with Crippen molar-refractivity contribution in [3.63, 3.8) is 0 Å². The molecule has 2 N–H and O–H groups in total. The van der Waals surface area contributed by atoms with Crippen LogP contribution in [0.15, 0.2) is 0 Å². The van der Waals surface area contributed by atoms with E-state index in [2.05, 4.69) is 29.0 Å². The molecule has 2 saturated heterocycles. The number of piperazine rings is 1. The molecule has 1 amide bonds. The van der Waals surface area contributed by atoms with Gasteiger partial charge >= 0.3 is 0 Å². The van der Waals surface area contributed by atoms with Crippen molar-refractivity contribution in [3.05, 3.63) is 0 Å². The Hall–Kier alpha value is -0.650. The number of amides is 1. The molecule has 5 nitrogen and oxygen atoms in total. The molecule has 0 bridgehead atoms. The first-order valence-corrected chi connectivity index (χ1v) is 9.41. The minimum Gasteiger partial charge on any atom is -0.392 e. The SMILES string of the molecule is CCC1CN(C(=O)CC(C)C2CCCNC2)CCN1CC(C)O. The van der Waals surface area contributed by atoms with Gasteiger partial charge in [-0.1, -0.05) is 13.8 Å². The second kappa shape index (κ2) is 9.00. The quantitative estimate of drug-likeness (QED) is 0.773. The third-order valence-electron chi connectivity index (χ3n) is 5.56. The van der Waals surface area contributed by atoms with Gasteiger partial charge in [0.25, 0.3) is 0 Å². The van der Waals surface area contributed by atoms with Crippen molar-refractivity contribution in [2.45, 2.75) is 58.6 Å². The van der Waals surface area contributed by atoms with Gasteiger partial charge in [0.05, 0.1) is 6.10 Å². The number of hydrogen-bond acceptors (Lipinski definition) is 4. The number of hydrogen-bond donors (Lipinski definition) is 2. The zero-order chi connectivity index (χ0) is 16.8. The molecule has 2 fully saturated rings. The Kier molecular flexibility index (Phi) is 7.31. The maximum atomic E-state index is 12.7. The molecule has 0 spiro atoms. The summed E-state index contributed by atoms with van der Waals surface area (Å²) >= 11 is 0. The molecule has 0 saturated carbocycles. The number of aliphatic hydroxyl groups is 1. The molecule has 2 heterocycles. The van der Waals surface area contributed by atoms with E-state index >= 15 is 0 Å². The van der Waals surface area contributed by atoms with Crippen LogP contribution in [0.4, 0.5) is 0 Å². The predicted octanol–water partition coefficient (Wildman–Crippen LogP) is 1.32. The zero-order valence-corrected chi connectivity index (χ0v) is 15.1. The highest BCUT2D eigenvalue weighted by Gasteiger charge is 2.30. The number of rotatable bonds is 6. The van der Waals surface area contributed by atoms with Gasteiger partial charge in [0.15, 0.2) is 0 Å². The van der Waals surface area contributed by atoms with E-state index in [0.29, 0.717) is 36.8 Å². The molecule has 2 aliphatic rings. The van der Waals surface area contributed by atoms with Gasteiger partial charge in [-0.2, -0.15) is 0 Å². The lowest BCUT2D eigenvalue weighted by molar-refractivity contribution is -0.135. The molecule has 0 aliphatic carbocycles. The highest BCUT2D eigenvalue weighted by molar-refractivity contribution is 5.76. The summed E-state index contributed by atoms with van der Waals surface area (Å²) in [7, 11) is 0. The normalized spacial score (nSPS) is 29.3. The fourth-order valence-corrected chi connectivity index (χ4v) is 4.02. The second-order valence-electron chi connectivity index (χ2n) is 7.53. The van der Waals surface area contributed by atoms with Crippen LogP contribution in [0.25, 0.3) is 0 Å². The summed E-state index contributed by atoms with van der Waals surface area (Å²) in [5, 5.41) is 13.1. The van der Waals surface area contributed by atoms with Gasteiger partial charge in [-0.15, -0.1) is 0 Å². The smallest absolute Gasteiger partial charge is 0.222 e. The van der Waals surface area contributed by atoms with Crippen LogP contribution in [-0.4, -0.2) is 72.2 Å². The van der Waals surface area contributed by atoms with Gasteiger partial charge in [0.2, 0.25) is 5.91 Å². The summed E-state index contributed by atoms with van der Waals surface area (Å²) in [6.45, 7) is 11.6. The molecule has 0 radical (unpaired) electrons. The largest absolute Gasteiger partial charge is 0.392 e. The molecule has 2 rings (SSSR count). The maximum absolute atomic E-state index is 12.7. The summed E-state index contributed by atoms with van der Waals surface area (Å²) in [5.41, 5.74) is 0. The van der Waals surface area contributed by atoms with E-state index in [4.69, 9.17) is 0 Å². The second-order valence-corrected chi connectivity index (χ2v) is 7.53. The topological polar surface area (TPSA) is 55.8 Å². The third-order valence-corrected chi connectivity index (χ3v) is 5.56. The summed E-state index contributed by atoms with van der Waals surface area (Å²) in [6.07, 6.45) is 3.89. The molecular weight excluding hydrogens is 290 g/mol. The fourth-order valence-electron chi connectivity index (χ4n) is 4.02. The van der Waals surface area contributed by atoms with E-state index < -0.39 is 0 Å². The van der Waals surface area contributed by atoms with Crippen LogP contribution in [0, 0.1) is 11.8 Å². The van der Waals surface area contributed by atoms with Crippen molar-refractivity contribution in [1.29, 1.82) is 0 Å². The Bertz CT molecular complexity index is 369. The Labute approximate surface area is 141 Å². The lowest BCUT2D eigenvalue weighted by Crippen LogP contribution is -2.56. The van der Waals surface area contributed by atoms with Crippen LogP contribution < -0.4 is 5.32 Å². The Morgan fingerprint density at radius 1 is 1.35 bits per heavy atom. The molecule has 23 heavy (non-hydrogen) atoms. The highest BCUT2D eigenvalue weighted by Crippen LogP contribution is 2.24. The first kappa shape index (κ1) is 18.7. The van der Waals surface area contributed by atoms with E-state index in [1.54, 1.807) is 0 Å². The molecule has 134 valence electrons. The predicted molar refractivity (Wildman–Crippen MR) is 93.3 cm³/mol. The number of aliphatic hydroxyl groups excluding tert-OH is 1. The lowest BCUT2D eigenvalue weighted by atomic mass is 9.85. The van der Waals surface area contributed by atoms with Gasteiger partial charge in [0, 0.05) is 38.6 Å². The highest BCUT2D eigenvalue weighted by atomic mass is 16.3. The minimum absolute atomic E-state index is 0.301. The third kappa shape index (κ3) is 5.44. The van der Waals surface area contributed by atoms with E-state index in [-0.39, 0.29) is 6.10 Å². The van der Waals surface area contributed by atoms with Crippen LogP contribution in [0.3, 0.4) is 0 Å². The Balaban J connectivity index is 1.83. The summed E-state index contributed by atoms with van der Waals surface area (Å²) < 4.78 is 0. The summed E-state index contributed by atoms with van der Waals surface area (Å²) in [5.74, 6) is 1.43.